The summed E-state index contributed by atoms with van der Waals surface area (Å²) in [6, 6.07) is 5.08. The molecule has 1 aromatic carbocycles. The minimum absolute atomic E-state index is 0.394. The standard InChI is InChI=1S/C9H9BrClNO2/c1-14-8(11)5-2-3-7(10)6(4-5)9(12)13/h2-4,8H,1H3,(H2,12,13). The molecule has 76 valence electrons. The Balaban J connectivity index is 3.12. The number of nitrogens with two attached hydrogens (primary N) is 1. The van der Waals surface area contributed by atoms with Gasteiger partial charge in [-0.15, -0.1) is 0 Å². The molecule has 0 spiro atoms. The molecule has 1 unspecified atom stereocenters. The van der Waals surface area contributed by atoms with Crippen LogP contribution < -0.4 is 5.73 Å². The lowest BCUT2D eigenvalue weighted by Crippen LogP contribution is -2.12. The summed E-state index contributed by atoms with van der Waals surface area (Å²) in [5.41, 5.74) is 5.70. The van der Waals surface area contributed by atoms with Gasteiger partial charge in [0.2, 0.25) is 5.91 Å². The monoisotopic (exact) mass is 277 g/mol. The molecule has 0 saturated heterocycles. The maximum absolute atomic E-state index is 11.0. The van der Waals surface area contributed by atoms with E-state index in [1.54, 1.807) is 18.2 Å². The van der Waals surface area contributed by atoms with Crippen molar-refractivity contribution in [2.24, 2.45) is 5.73 Å². The minimum atomic E-state index is -0.568. The zero-order valence-electron chi connectivity index (χ0n) is 7.46. The summed E-state index contributed by atoms with van der Waals surface area (Å²) in [6.45, 7) is 0. The summed E-state index contributed by atoms with van der Waals surface area (Å²) in [5, 5.41) is 0. The zero-order chi connectivity index (χ0) is 10.7. The molecule has 0 heterocycles. The highest BCUT2D eigenvalue weighted by molar-refractivity contribution is 9.10. The largest absolute Gasteiger partial charge is 0.366 e. The Bertz CT molecular complexity index is 357. The van der Waals surface area contributed by atoms with E-state index in [-0.39, 0.29) is 0 Å². The molecule has 1 atom stereocenters. The summed E-state index contributed by atoms with van der Waals surface area (Å²) < 4.78 is 5.56. The summed E-state index contributed by atoms with van der Waals surface area (Å²) in [7, 11) is 1.49. The van der Waals surface area contributed by atoms with Gasteiger partial charge in [-0.1, -0.05) is 17.7 Å². The Hall–Kier alpha value is -0.580. The maximum atomic E-state index is 11.0. The summed E-state index contributed by atoms with van der Waals surface area (Å²) in [4.78, 5) is 11.0. The SMILES string of the molecule is COC(Cl)c1ccc(Br)c(C(N)=O)c1. The maximum Gasteiger partial charge on any atom is 0.249 e. The highest BCUT2D eigenvalue weighted by Gasteiger charge is 2.11. The number of methoxy groups -OCH3 is 1. The molecule has 1 amide bonds. The molecule has 1 aromatic rings. The van der Waals surface area contributed by atoms with E-state index >= 15 is 0 Å². The van der Waals surface area contributed by atoms with Gasteiger partial charge in [-0.05, 0) is 33.6 Å². The lowest BCUT2D eigenvalue weighted by molar-refractivity contribution is 0.0999. The van der Waals surface area contributed by atoms with Crippen molar-refractivity contribution in [2.45, 2.75) is 5.56 Å². The van der Waals surface area contributed by atoms with Crippen molar-refractivity contribution in [1.82, 2.24) is 0 Å². The van der Waals surface area contributed by atoms with Crippen LogP contribution in [-0.4, -0.2) is 13.0 Å². The first kappa shape index (κ1) is 11.5. The second-order valence-electron chi connectivity index (χ2n) is 2.66. The quantitative estimate of drug-likeness (QED) is 0.863. The van der Waals surface area contributed by atoms with E-state index in [2.05, 4.69) is 15.9 Å². The second-order valence-corrected chi connectivity index (χ2v) is 3.91. The molecule has 0 aliphatic rings. The first-order chi connectivity index (χ1) is 6.56. The third-order valence-corrected chi connectivity index (χ3v) is 2.85. The molecule has 0 radical (unpaired) electrons. The van der Waals surface area contributed by atoms with Gasteiger partial charge in [0.1, 0.15) is 0 Å². The fourth-order valence-electron chi connectivity index (χ4n) is 1.01. The summed E-state index contributed by atoms with van der Waals surface area (Å²) in [5.74, 6) is -0.501. The molecule has 0 bridgehead atoms. The van der Waals surface area contributed by atoms with Gasteiger partial charge in [0.25, 0.3) is 0 Å². The van der Waals surface area contributed by atoms with Crippen LogP contribution >= 0.6 is 27.5 Å². The van der Waals surface area contributed by atoms with Crippen molar-refractivity contribution >= 4 is 33.4 Å². The van der Waals surface area contributed by atoms with E-state index in [9.17, 15) is 4.79 Å². The zero-order valence-corrected chi connectivity index (χ0v) is 9.80. The molecule has 0 saturated carbocycles. The molecule has 1 rings (SSSR count). The van der Waals surface area contributed by atoms with Crippen LogP contribution in [0.2, 0.25) is 0 Å². The van der Waals surface area contributed by atoms with Gasteiger partial charge >= 0.3 is 0 Å². The molecule has 5 heteroatoms. The molecular weight excluding hydrogens is 269 g/mol. The Morgan fingerprint density at radius 3 is 2.79 bits per heavy atom. The lowest BCUT2D eigenvalue weighted by Gasteiger charge is -2.09. The van der Waals surface area contributed by atoms with Gasteiger partial charge in [0, 0.05) is 11.6 Å². The number of primary amides is 1. The van der Waals surface area contributed by atoms with Gasteiger partial charge in [0.15, 0.2) is 5.56 Å². The van der Waals surface area contributed by atoms with Crippen LogP contribution in [0.1, 0.15) is 21.5 Å². The number of amides is 1. The number of ether oxygens (including phenoxy) is 1. The van der Waals surface area contributed by atoms with Crippen molar-refractivity contribution in [3.63, 3.8) is 0 Å². The van der Waals surface area contributed by atoms with Crippen LogP contribution in [0.3, 0.4) is 0 Å². The lowest BCUT2D eigenvalue weighted by atomic mass is 10.1. The fourth-order valence-corrected chi connectivity index (χ4v) is 1.59. The predicted molar refractivity (Wildman–Crippen MR) is 58.3 cm³/mol. The van der Waals surface area contributed by atoms with E-state index in [4.69, 9.17) is 22.1 Å². The Labute approximate surface area is 95.3 Å². The smallest absolute Gasteiger partial charge is 0.249 e. The average Bonchev–Trinajstić information content (AvgIpc) is 2.17. The second kappa shape index (κ2) is 4.77. The van der Waals surface area contributed by atoms with Crippen molar-refractivity contribution < 1.29 is 9.53 Å². The molecular formula is C9H9BrClNO2. The fraction of sp³-hybridized carbons (Fsp3) is 0.222. The number of carbonyl (C=O) groups excluding carboxylic acids is 1. The average molecular weight is 279 g/mol. The molecule has 0 aromatic heterocycles. The molecule has 3 nitrogen and oxygen atoms in total. The first-order valence-electron chi connectivity index (χ1n) is 3.82. The number of hydrogen-bond acceptors (Lipinski definition) is 2. The number of alkyl halides is 1. The van der Waals surface area contributed by atoms with Gasteiger partial charge < -0.3 is 10.5 Å². The third kappa shape index (κ3) is 2.47. The normalized spacial score (nSPS) is 12.5. The van der Waals surface area contributed by atoms with Crippen molar-refractivity contribution in [2.75, 3.05) is 7.11 Å². The van der Waals surface area contributed by atoms with Gasteiger partial charge in [-0.25, -0.2) is 0 Å². The number of hydrogen-bond donors (Lipinski definition) is 1. The minimum Gasteiger partial charge on any atom is -0.366 e. The topological polar surface area (TPSA) is 52.3 Å². The number of halogens is 2. The van der Waals surface area contributed by atoms with E-state index < -0.39 is 11.5 Å². The van der Waals surface area contributed by atoms with Crippen LogP contribution in [-0.2, 0) is 4.74 Å². The number of benzene rings is 1. The van der Waals surface area contributed by atoms with E-state index in [0.29, 0.717) is 15.6 Å². The van der Waals surface area contributed by atoms with Gasteiger partial charge in [0.05, 0.1) is 5.56 Å². The molecule has 0 fully saturated rings. The van der Waals surface area contributed by atoms with Crippen molar-refractivity contribution in [3.8, 4) is 0 Å². The van der Waals surface area contributed by atoms with Crippen LogP contribution in [0.4, 0.5) is 0 Å². The first-order valence-corrected chi connectivity index (χ1v) is 5.05. The van der Waals surface area contributed by atoms with Crippen LogP contribution in [0, 0.1) is 0 Å². The predicted octanol–water partition coefficient (Wildman–Crippen LogP) is 2.43. The molecule has 0 aliphatic heterocycles. The molecule has 0 aliphatic carbocycles. The summed E-state index contributed by atoms with van der Waals surface area (Å²) >= 11 is 9.05. The molecule has 14 heavy (non-hydrogen) atoms. The van der Waals surface area contributed by atoms with Crippen molar-refractivity contribution in [1.29, 1.82) is 0 Å². The third-order valence-electron chi connectivity index (χ3n) is 1.72. The van der Waals surface area contributed by atoms with Crippen LogP contribution in [0.5, 0.6) is 0 Å². The number of rotatable bonds is 3. The summed E-state index contributed by atoms with van der Waals surface area (Å²) in [6.07, 6.45) is 0. The van der Waals surface area contributed by atoms with Crippen LogP contribution in [0.15, 0.2) is 22.7 Å². The Kier molecular flexibility index (Phi) is 3.92. The highest BCUT2D eigenvalue weighted by atomic mass is 79.9. The van der Waals surface area contributed by atoms with E-state index in [0.717, 1.165) is 0 Å². The molecule has 2 N–H and O–H groups in total. The Morgan fingerprint density at radius 1 is 1.64 bits per heavy atom. The van der Waals surface area contributed by atoms with E-state index in [1.165, 1.54) is 7.11 Å². The van der Waals surface area contributed by atoms with Gasteiger partial charge in [-0.2, -0.15) is 0 Å². The van der Waals surface area contributed by atoms with Gasteiger partial charge in [-0.3, -0.25) is 4.79 Å². The van der Waals surface area contributed by atoms with Crippen LogP contribution in [0.25, 0.3) is 0 Å². The van der Waals surface area contributed by atoms with Crippen molar-refractivity contribution in [3.05, 3.63) is 33.8 Å². The number of carbonyl (C=O) groups is 1. The Morgan fingerprint density at radius 2 is 2.29 bits per heavy atom. The highest BCUT2D eigenvalue weighted by Crippen LogP contribution is 2.25. The van der Waals surface area contributed by atoms with E-state index in [1.807, 2.05) is 0 Å².